The smallest absolute Gasteiger partial charge is 0.251 e. The molecule has 0 aromatic heterocycles. The van der Waals surface area contributed by atoms with E-state index in [-0.39, 0.29) is 27.8 Å². The molecule has 1 aliphatic rings. The lowest BCUT2D eigenvalue weighted by Gasteiger charge is -2.18. The van der Waals surface area contributed by atoms with Crippen LogP contribution < -0.4 is 10.5 Å². The summed E-state index contributed by atoms with van der Waals surface area (Å²) in [6.45, 7) is 4.36. The standard InChI is InChI=1S/C14H19BrN2O3S/c1-14(2)4-3-11(8-14)17-13(18)9-5-10(15)7-12(6-9)21(16,19)20/h5-7,11H,3-4,8H2,1-2H3,(H,17,18)(H2,16,19,20). The van der Waals surface area contributed by atoms with Gasteiger partial charge in [0.15, 0.2) is 0 Å². The number of sulfonamides is 1. The Morgan fingerprint density at radius 2 is 2.05 bits per heavy atom. The minimum atomic E-state index is -3.84. The summed E-state index contributed by atoms with van der Waals surface area (Å²) in [4.78, 5) is 12.2. The predicted octanol–water partition coefficient (Wildman–Crippen LogP) is 2.41. The third-order valence-electron chi connectivity index (χ3n) is 3.77. The highest BCUT2D eigenvalue weighted by molar-refractivity contribution is 9.10. The van der Waals surface area contributed by atoms with E-state index in [1.54, 1.807) is 6.07 Å². The number of nitrogens with one attached hydrogen (secondary N) is 1. The van der Waals surface area contributed by atoms with Crippen LogP contribution in [-0.4, -0.2) is 20.4 Å². The highest BCUT2D eigenvalue weighted by atomic mass is 79.9. The third-order valence-corrected chi connectivity index (χ3v) is 5.12. The maximum atomic E-state index is 12.3. The molecule has 0 radical (unpaired) electrons. The van der Waals surface area contributed by atoms with Crippen LogP contribution in [0.25, 0.3) is 0 Å². The van der Waals surface area contributed by atoms with E-state index in [0.29, 0.717) is 4.47 Å². The molecule has 1 atom stereocenters. The number of carbonyl (C=O) groups excluding carboxylic acids is 1. The summed E-state index contributed by atoms with van der Waals surface area (Å²) in [5.74, 6) is -0.274. The van der Waals surface area contributed by atoms with Gasteiger partial charge in [-0.1, -0.05) is 29.8 Å². The first-order valence-corrected chi connectivity index (χ1v) is 9.05. The van der Waals surface area contributed by atoms with Gasteiger partial charge in [0, 0.05) is 16.1 Å². The van der Waals surface area contributed by atoms with Crippen molar-refractivity contribution in [1.29, 1.82) is 0 Å². The van der Waals surface area contributed by atoms with Gasteiger partial charge in [-0.2, -0.15) is 0 Å². The van der Waals surface area contributed by atoms with Crippen molar-refractivity contribution in [3.8, 4) is 0 Å². The molecule has 1 saturated carbocycles. The van der Waals surface area contributed by atoms with Crippen molar-refractivity contribution in [3.05, 3.63) is 28.2 Å². The lowest BCUT2D eigenvalue weighted by Crippen LogP contribution is -2.33. The Morgan fingerprint density at radius 1 is 1.38 bits per heavy atom. The second-order valence-electron chi connectivity index (χ2n) is 6.30. The van der Waals surface area contributed by atoms with Crippen LogP contribution in [0.3, 0.4) is 0 Å². The zero-order chi connectivity index (χ0) is 15.8. The first-order valence-electron chi connectivity index (χ1n) is 6.71. The van der Waals surface area contributed by atoms with Crippen molar-refractivity contribution in [3.63, 3.8) is 0 Å². The van der Waals surface area contributed by atoms with Crippen LogP contribution in [0, 0.1) is 5.41 Å². The molecule has 1 unspecified atom stereocenters. The molecule has 2 rings (SSSR count). The Hall–Kier alpha value is -0.920. The Bertz CT molecular complexity index is 671. The SMILES string of the molecule is CC1(C)CCC(NC(=O)c2cc(Br)cc(S(N)(=O)=O)c2)C1. The molecule has 7 heteroatoms. The summed E-state index contributed by atoms with van der Waals surface area (Å²) >= 11 is 3.20. The number of hydrogen-bond acceptors (Lipinski definition) is 3. The van der Waals surface area contributed by atoms with Crippen molar-refractivity contribution in [2.75, 3.05) is 0 Å². The fourth-order valence-electron chi connectivity index (χ4n) is 2.69. The number of rotatable bonds is 3. The predicted molar refractivity (Wildman–Crippen MR) is 84.4 cm³/mol. The molecule has 5 nitrogen and oxygen atoms in total. The van der Waals surface area contributed by atoms with Crippen molar-refractivity contribution in [2.24, 2.45) is 10.6 Å². The largest absolute Gasteiger partial charge is 0.349 e. The minimum Gasteiger partial charge on any atom is -0.349 e. The zero-order valence-corrected chi connectivity index (χ0v) is 14.4. The number of halogens is 1. The van der Waals surface area contributed by atoms with Crippen LogP contribution in [-0.2, 0) is 10.0 Å². The van der Waals surface area contributed by atoms with E-state index in [1.165, 1.54) is 12.1 Å². The lowest BCUT2D eigenvalue weighted by atomic mass is 9.92. The first-order chi connectivity index (χ1) is 9.57. The maximum absolute atomic E-state index is 12.3. The molecular weight excluding hydrogens is 356 g/mol. The van der Waals surface area contributed by atoms with Crippen LogP contribution in [0.4, 0.5) is 0 Å². The lowest BCUT2D eigenvalue weighted by molar-refractivity contribution is 0.0935. The van der Waals surface area contributed by atoms with E-state index in [4.69, 9.17) is 5.14 Å². The van der Waals surface area contributed by atoms with Gasteiger partial charge in [0.2, 0.25) is 10.0 Å². The molecule has 1 aromatic rings. The summed E-state index contributed by atoms with van der Waals surface area (Å²) in [6.07, 6.45) is 2.93. The number of nitrogens with two attached hydrogens (primary N) is 1. The number of amides is 1. The van der Waals surface area contributed by atoms with Gasteiger partial charge in [0.05, 0.1) is 4.90 Å². The molecule has 1 amide bonds. The van der Waals surface area contributed by atoms with Crippen LogP contribution in [0.15, 0.2) is 27.6 Å². The van der Waals surface area contributed by atoms with Crippen LogP contribution in [0.1, 0.15) is 43.5 Å². The summed E-state index contributed by atoms with van der Waals surface area (Å²) in [5, 5.41) is 8.07. The number of hydrogen-bond donors (Lipinski definition) is 2. The molecule has 1 fully saturated rings. The van der Waals surface area contributed by atoms with Crippen molar-refractivity contribution in [2.45, 2.75) is 44.0 Å². The topological polar surface area (TPSA) is 89.3 Å². The highest BCUT2D eigenvalue weighted by Gasteiger charge is 2.31. The van der Waals surface area contributed by atoms with Crippen molar-refractivity contribution >= 4 is 31.9 Å². The Kier molecular flexibility index (Phi) is 4.46. The normalized spacial score (nSPS) is 21.2. The molecule has 0 heterocycles. The van der Waals surface area contributed by atoms with Crippen molar-refractivity contribution in [1.82, 2.24) is 5.32 Å². The Balaban J connectivity index is 2.18. The average molecular weight is 375 g/mol. The fourth-order valence-corrected chi connectivity index (χ4v) is 3.91. The van der Waals surface area contributed by atoms with Gasteiger partial charge in [0.25, 0.3) is 5.91 Å². The summed E-state index contributed by atoms with van der Waals surface area (Å²) < 4.78 is 23.3. The summed E-state index contributed by atoms with van der Waals surface area (Å²) in [5.41, 5.74) is 0.527. The number of benzene rings is 1. The minimum absolute atomic E-state index is 0.0752. The van der Waals surface area contributed by atoms with E-state index in [0.717, 1.165) is 19.3 Å². The first kappa shape index (κ1) is 16.5. The molecule has 116 valence electrons. The number of carbonyl (C=O) groups is 1. The van der Waals surface area contributed by atoms with E-state index in [2.05, 4.69) is 35.1 Å². The second-order valence-corrected chi connectivity index (χ2v) is 8.78. The summed E-state index contributed by atoms with van der Waals surface area (Å²) in [6, 6.07) is 4.40. The molecule has 3 N–H and O–H groups in total. The van der Waals surface area contributed by atoms with Gasteiger partial charge in [-0.05, 0) is 42.9 Å². The molecular formula is C14H19BrN2O3S. The van der Waals surface area contributed by atoms with Crippen LogP contribution in [0.2, 0.25) is 0 Å². The van der Waals surface area contributed by atoms with E-state index in [1.807, 2.05) is 0 Å². The third kappa shape index (κ3) is 4.28. The van der Waals surface area contributed by atoms with Crippen LogP contribution in [0.5, 0.6) is 0 Å². The molecule has 1 aromatic carbocycles. The molecule has 0 spiro atoms. The Morgan fingerprint density at radius 3 is 2.57 bits per heavy atom. The van der Waals surface area contributed by atoms with E-state index < -0.39 is 10.0 Å². The monoisotopic (exact) mass is 374 g/mol. The highest BCUT2D eigenvalue weighted by Crippen LogP contribution is 2.37. The second kappa shape index (κ2) is 5.70. The molecule has 21 heavy (non-hydrogen) atoms. The fraction of sp³-hybridized carbons (Fsp3) is 0.500. The molecule has 0 saturated heterocycles. The maximum Gasteiger partial charge on any atom is 0.251 e. The van der Waals surface area contributed by atoms with Crippen molar-refractivity contribution < 1.29 is 13.2 Å². The summed E-state index contributed by atoms with van der Waals surface area (Å²) in [7, 11) is -3.84. The van der Waals surface area contributed by atoms with Gasteiger partial charge in [-0.25, -0.2) is 13.6 Å². The average Bonchev–Trinajstić information content (AvgIpc) is 2.66. The van der Waals surface area contributed by atoms with Crippen LogP contribution >= 0.6 is 15.9 Å². The zero-order valence-electron chi connectivity index (χ0n) is 12.0. The van der Waals surface area contributed by atoms with Gasteiger partial charge in [-0.15, -0.1) is 0 Å². The van der Waals surface area contributed by atoms with Gasteiger partial charge in [-0.3, -0.25) is 4.79 Å². The molecule has 1 aliphatic carbocycles. The molecule has 0 aliphatic heterocycles. The van der Waals surface area contributed by atoms with Gasteiger partial charge >= 0.3 is 0 Å². The van der Waals surface area contributed by atoms with E-state index in [9.17, 15) is 13.2 Å². The van der Waals surface area contributed by atoms with E-state index >= 15 is 0 Å². The Labute approximate surface area is 133 Å². The number of primary sulfonamides is 1. The quantitative estimate of drug-likeness (QED) is 0.850. The van der Waals surface area contributed by atoms with Gasteiger partial charge in [0.1, 0.15) is 0 Å². The van der Waals surface area contributed by atoms with Gasteiger partial charge < -0.3 is 5.32 Å². The molecule has 0 bridgehead atoms.